The molecule has 2 saturated carbocycles. The van der Waals surface area contributed by atoms with E-state index in [1.165, 1.54) is 42.6 Å². The molecule has 6 rings (SSSR count). The molecule has 2 bridgehead atoms. The van der Waals surface area contributed by atoms with Gasteiger partial charge in [-0.05, 0) is 74.0 Å². The van der Waals surface area contributed by atoms with Gasteiger partial charge in [0.15, 0.2) is 11.5 Å². The number of hydrogen-bond acceptors (Lipinski definition) is 6. The molecule has 34 heavy (non-hydrogen) atoms. The summed E-state index contributed by atoms with van der Waals surface area (Å²) in [5, 5.41) is 1.55. The molecule has 1 amide bonds. The number of methoxy groups -OCH3 is 2. The number of hydrogen-bond donors (Lipinski definition) is 0. The molecule has 0 N–H and O–H groups in total. The van der Waals surface area contributed by atoms with Crippen LogP contribution < -0.4 is 14.3 Å². The van der Waals surface area contributed by atoms with E-state index in [-0.39, 0.29) is 23.2 Å². The van der Waals surface area contributed by atoms with Crippen LogP contribution in [0, 0.1) is 17.8 Å². The Hall–Kier alpha value is -1.93. The van der Waals surface area contributed by atoms with Gasteiger partial charge in [0, 0.05) is 29.1 Å². The number of thioether (sulfide) groups is 1. The van der Waals surface area contributed by atoms with Crippen LogP contribution in [0.5, 0.6) is 11.5 Å². The topological polar surface area (TPSA) is 60.8 Å². The number of piperidine rings is 1. The number of ether oxygens (including phenoxy) is 2. The molecule has 1 aromatic carbocycles. The first-order valence-corrected chi connectivity index (χ1v) is 14.2. The highest BCUT2D eigenvalue weighted by molar-refractivity contribution is 8.00. The van der Waals surface area contributed by atoms with Gasteiger partial charge in [0.25, 0.3) is 0 Å². The minimum absolute atomic E-state index is 0.000608. The van der Waals surface area contributed by atoms with Crippen LogP contribution in [0.1, 0.15) is 54.9 Å². The zero-order chi connectivity index (χ0) is 23.4. The van der Waals surface area contributed by atoms with Crippen molar-refractivity contribution in [2.24, 2.45) is 17.8 Å². The van der Waals surface area contributed by atoms with Crippen molar-refractivity contribution < 1.29 is 14.3 Å². The molecule has 1 saturated heterocycles. The lowest BCUT2D eigenvalue weighted by Gasteiger charge is -2.40. The minimum Gasteiger partial charge on any atom is -0.493 e. The summed E-state index contributed by atoms with van der Waals surface area (Å²) in [6.07, 6.45) is 7.17. The first-order valence-electron chi connectivity index (χ1n) is 12.5. The van der Waals surface area contributed by atoms with Gasteiger partial charge in [0.1, 0.15) is 6.54 Å². The van der Waals surface area contributed by atoms with E-state index in [1.54, 1.807) is 18.8 Å². The van der Waals surface area contributed by atoms with E-state index >= 15 is 0 Å². The lowest BCUT2D eigenvalue weighted by Crippen LogP contribution is -2.39. The molecule has 0 spiro atoms. The van der Waals surface area contributed by atoms with E-state index in [2.05, 4.69) is 12.1 Å². The summed E-state index contributed by atoms with van der Waals surface area (Å²) >= 11 is 3.24. The Morgan fingerprint density at radius 1 is 1.06 bits per heavy atom. The minimum atomic E-state index is 0.000608. The highest BCUT2D eigenvalue weighted by Gasteiger charge is 2.55. The first-order chi connectivity index (χ1) is 16.6. The number of benzene rings is 1. The molecular weight excluding hydrogens is 468 g/mol. The SMILES string of the molecule is COc1ccc([C@H]2c3sc(=O)n(CC(=O)N4CCCCC4)c3SC3C4CCC(C4)C32)cc1OC. The first kappa shape index (κ1) is 22.5. The molecule has 2 aliphatic carbocycles. The molecule has 182 valence electrons. The monoisotopic (exact) mass is 500 g/mol. The highest BCUT2D eigenvalue weighted by atomic mass is 32.2. The molecule has 5 atom stereocenters. The Balaban J connectivity index is 1.41. The van der Waals surface area contributed by atoms with Crippen LogP contribution in [0.25, 0.3) is 0 Å². The van der Waals surface area contributed by atoms with Gasteiger partial charge in [-0.1, -0.05) is 17.4 Å². The van der Waals surface area contributed by atoms with E-state index in [0.717, 1.165) is 47.3 Å². The van der Waals surface area contributed by atoms with Crippen LogP contribution in [0.4, 0.5) is 0 Å². The van der Waals surface area contributed by atoms with E-state index in [9.17, 15) is 9.59 Å². The average molecular weight is 501 g/mol. The highest BCUT2D eigenvalue weighted by Crippen LogP contribution is 2.64. The Labute approximate surface area is 208 Å². The molecule has 6 nitrogen and oxygen atoms in total. The predicted octanol–water partition coefficient (Wildman–Crippen LogP) is 4.59. The molecule has 0 radical (unpaired) electrons. The van der Waals surface area contributed by atoms with Gasteiger partial charge < -0.3 is 14.4 Å². The summed E-state index contributed by atoms with van der Waals surface area (Å²) < 4.78 is 12.9. The molecule has 8 heteroatoms. The summed E-state index contributed by atoms with van der Waals surface area (Å²) in [4.78, 5) is 29.5. The van der Waals surface area contributed by atoms with Gasteiger partial charge in [0.2, 0.25) is 5.91 Å². The third-order valence-electron chi connectivity index (χ3n) is 8.46. The van der Waals surface area contributed by atoms with Crippen molar-refractivity contribution in [3.8, 4) is 11.5 Å². The van der Waals surface area contributed by atoms with Crippen LogP contribution in [-0.4, -0.2) is 47.9 Å². The molecule has 2 aliphatic heterocycles. The van der Waals surface area contributed by atoms with Gasteiger partial charge in [-0.3, -0.25) is 14.2 Å². The summed E-state index contributed by atoms with van der Waals surface area (Å²) in [5.74, 6) is 3.64. The number of amides is 1. The van der Waals surface area contributed by atoms with Gasteiger partial charge in [-0.15, -0.1) is 11.8 Å². The van der Waals surface area contributed by atoms with Crippen molar-refractivity contribution in [2.45, 2.75) is 61.3 Å². The number of fused-ring (bicyclic) bond motifs is 6. The van der Waals surface area contributed by atoms with Crippen LogP contribution >= 0.6 is 23.1 Å². The maximum Gasteiger partial charge on any atom is 0.308 e. The molecule has 1 aromatic heterocycles. The second-order valence-corrected chi connectivity index (χ2v) is 12.3. The fourth-order valence-electron chi connectivity index (χ4n) is 6.89. The number of rotatable bonds is 5. The number of aromatic nitrogens is 1. The summed E-state index contributed by atoms with van der Waals surface area (Å²) in [5.41, 5.74) is 1.19. The van der Waals surface area contributed by atoms with E-state index in [4.69, 9.17) is 9.47 Å². The number of carbonyl (C=O) groups excluding carboxylic acids is 1. The van der Waals surface area contributed by atoms with Crippen molar-refractivity contribution in [1.82, 2.24) is 9.47 Å². The van der Waals surface area contributed by atoms with Crippen molar-refractivity contribution >= 4 is 29.0 Å². The average Bonchev–Trinajstić information content (AvgIpc) is 3.57. The largest absolute Gasteiger partial charge is 0.493 e. The van der Waals surface area contributed by atoms with Crippen molar-refractivity contribution in [2.75, 3.05) is 27.3 Å². The van der Waals surface area contributed by atoms with E-state index in [0.29, 0.717) is 23.0 Å². The molecule has 3 heterocycles. The lowest BCUT2D eigenvalue weighted by atomic mass is 9.75. The van der Waals surface area contributed by atoms with Gasteiger partial charge >= 0.3 is 4.87 Å². The second-order valence-electron chi connectivity index (χ2n) is 10.2. The van der Waals surface area contributed by atoms with Crippen LogP contribution in [0.15, 0.2) is 28.0 Å². The van der Waals surface area contributed by atoms with Crippen molar-refractivity contribution in [3.63, 3.8) is 0 Å². The molecular formula is C26H32N2O4S2. The number of likely N-dealkylation sites (tertiary alicyclic amines) is 1. The Kier molecular flexibility index (Phi) is 5.92. The number of carbonyl (C=O) groups is 1. The van der Waals surface area contributed by atoms with Crippen molar-refractivity contribution in [1.29, 1.82) is 0 Å². The molecule has 3 fully saturated rings. The van der Waals surface area contributed by atoms with Crippen molar-refractivity contribution in [3.05, 3.63) is 38.3 Å². The fraction of sp³-hybridized carbons (Fsp3) is 0.615. The summed E-state index contributed by atoms with van der Waals surface area (Å²) in [7, 11) is 3.33. The summed E-state index contributed by atoms with van der Waals surface area (Å²) in [6, 6.07) is 6.22. The van der Waals surface area contributed by atoms with Gasteiger partial charge in [-0.25, -0.2) is 0 Å². The maximum absolute atomic E-state index is 13.3. The smallest absolute Gasteiger partial charge is 0.308 e. The number of nitrogens with zero attached hydrogens (tertiary/aromatic N) is 2. The Bertz CT molecular complexity index is 1150. The quantitative estimate of drug-likeness (QED) is 0.601. The zero-order valence-corrected chi connectivity index (χ0v) is 21.5. The van der Waals surface area contributed by atoms with Crippen LogP contribution in [-0.2, 0) is 11.3 Å². The lowest BCUT2D eigenvalue weighted by molar-refractivity contribution is -0.132. The normalized spacial score (nSPS) is 29.6. The van der Waals surface area contributed by atoms with E-state index in [1.807, 2.05) is 22.7 Å². The molecule has 4 unspecified atom stereocenters. The number of thiazole rings is 1. The third-order valence-corrected chi connectivity index (χ3v) is 11.3. The third kappa shape index (κ3) is 3.60. The molecule has 2 aromatic rings. The van der Waals surface area contributed by atoms with E-state index < -0.39 is 0 Å². The second kappa shape index (κ2) is 8.94. The Morgan fingerprint density at radius 2 is 1.82 bits per heavy atom. The van der Waals surface area contributed by atoms with Gasteiger partial charge in [0.05, 0.1) is 19.2 Å². The van der Waals surface area contributed by atoms with Gasteiger partial charge in [-0.2, -0.15) is 0 Å². The van der Waals surface area contributed by atoms with Crippen LogP contribution in [0.3, 0.4) is 0 Å². The summed E-state index contributed by atoms with van der Waals surface area (Å²) in [6.45, 7) is 1.80. The molecule has 4 aliphatic rings. The predicted molar refractivity (Wildman–Crippen MR) is 134 cm³/mol. The van der Waals surface area contributed by atoms with Crippen LogP contribution in [0.2, 0.25) is 0 Å². The fourth-order valence-corrected chi connectivity index (χ4v) is 10.0. The Morgan fingerprint density at radius 3 is 2.59 bits per heavy atom. The standard InChI is InChI=1S/C26H32N2O4S2/c1-31-18-9-8-16(13-19(18)32-2)22-21-15-6-7-17(12-15)23(21)33-25-24(22)34-26(30)28(25)14-20(29)27-10-4-3-5-11-27/h8-9,13,15,17,21-23H,3-7,10-12,14H2,1-2H3/t15?,17?,21?,22-,23?/m1/s1. The maximum atomic E-state index is 13.3. The zero-order valence-electron chi connectivity index (χ0n) is 19.8.